The molecule has 6 aliphatic rings. The van der Waals surface area contributed by atoms with Crippen LogP contribution in [0.3, 0.4) is 0 Å². The largest absolute Gasteiger partial charge is 0.487 e. The quantitative estimate of drug-likeness (QED) is 0.0693. The van der Waals surface area contributed by atoms with Gasteiger partial charge in [0.1, 0.15) is 35.5 Å². The summed E-state index contributed by atoms with van der Waals surface area (Å²) < 4.78 is 54.8. The maximum absolute atomic E-state index is 14.6. The van der Waals surface area contributed by atoms with Gasteiger partial charge in [-0.3, -0.25) is 24.8 Å². The number of hydrogen-bond donors (Lipinski definition) is 3. The fourth-order valence-corrected chi connectivity index (χ4v) is 13.1. The van der Waals surface area contributed by atoms with Crippen molar-refractivity contribution in [3.63, 3.8) is 0 Å². The number of nitrogens with zero attached hydrogens (tertiary/aromatic N) is 6. The third-order valence-corrected chi connectivity index (χ3v) is 17.4. The number of aromatic amines is 1. The molecule has 8 heterocycles. The van der Waals surface area contributed by atoms with Gasteiger partial charge in [0.05, 0.1) is 46.0 Å². The number of hydrogen-bond acceptors (Lipinski definition) is 15. The SMILES string of the molecule is O=C(NS(=O)(=O)c1ccc(NCC2CCOCC2)c([N+](=O)[O-])c1)c1ccc(N2CCC3(CC2)CC(N2CCC[C@H]2c2ccccc2OCc2ccccn2)C3)cc1N1c2cc3cc[nH]c3nc2O[C@@H]2COC[C@H]21. The van der Waals surface area contributed by atoms with Gasteiger partial charge in [0.25, 0.3) is 21.6 Å². The molecule has 5 fully saturated rings. The molecule has 3 aromatic carbocycles. The van der Waals surface area contributed by atoms with Crippen LogP contribution in [0.5, 0.6) is 11.6 Å². The van der Waals surface area contributed by atoms with Crippen LogP contribution >= 0.6 is 0 Å². The number of aromatic nitrogens is 3. The lowest BCUT2D eigenvalue weighted by Gasteiger charge is -2.56. The molecule has 73 heavy (non-hydrogen) atoms. The molecule has 1 aliphatic carbocycles. The Kier molecular flexibility index (Phi) is 12.7. The molecule has 1 spiro atoms. The zero-order valence-electron chi connectivity index (χ0n) is 40.5. The molecule has 3 aromatic heterocycles. The molecule has 0 unspecified atom stereocenters. The normalized spacial score (nSPS) is 22.1. The Labute approximate surface area is 423 Å². The molecule has 19 heteroatoms. The van der Waals surface area contributed by atoms with E-state index in [4.69, 9.17) is 23.9 Å². The molecule has 18 nitrogen and oxygen atoms in total. The van der Waals surface area contributed by atoms with Crippen LogP contribution in [0, 0.1) is 21.4 Å². The van der Waals surface area contributed by atoms with Gasteiger partial charge in [-0.2, -0.15) is 4.98 Å². The Morgan fingerprint density at radius 3 is 2.58 bits per heavy atom. The summed E-state index contributed by atoms with van der Waals surface area (Å²) >= 11 is 0. The van der Waals surface area contributed by atoms with E-state index < -0.39 is 37.5 Å². The number of sulfonamides is 1. The third-order valence-electron chi connectivity index (χ3n) is 16.1. The molecule has 4 saturated heterocycles. The van der Waals surface area contributed by atoms with Crippen LogP contribution in [0.4, 0.5) is 28.4 Å². The summed E-state index contributed by atoms with van der Waals surface area (Å²) in [6.07, 6.45) is 11.4. The minimum absolute atomic E-state index is 0.100. The van der Waals surface area contributed by atoms with Gasteiger partial charge in [-0.25, -0.2) is 13.1 Å². The minimum Gasteiger partial charge on any atom is -0.487 e. The van der Waals surface area contributed by atoms with E-state index in [1.807, 2.05) is 53.4 Å². The molecule has 0 bridgehead atoms. The second-order valence-corrected chi connectivity index (χ2v) is 22.1. The second kappa shape index (κ2) is 19.6. The highest BCUT2D eigenvalue weighted by Gasteiger charge is 2.50. The summed E-state index contributed by atoms with van der Waals surface area (Å²) in [5, 5.41) is 16.3. The van der Waals surface area contributed by atoms with Gasteiger partial charge in [-0.15, -0.1) is 0 Å². The fourth-order valence-electron chi connectivity index (χ4n) is 12.2. The van der Waals surface area contributed by atoms with Crippen molar-refractivity contribution in [2.45, 2.75) is 87.1 Å². The van der Waals surface area contributed by atoms with Crippen molar-refractivity contribution in [1.29, 1.82) is 0 Å². The number of carbonyl (C=O) groups is 1. The van der Waals surface area contributed by atoms with E-state index in [-0.39, 0.29) is 28.6 Å². The predicted octanol–water partition coefficient (Wildman–Crippen LogP) is 8.29. The molecular weight excluding hydrogens is 951 g/mol. The van der Waals surface area contributed by atoms with Crippen LogP contribution < -0.4 is 29.3 Å². The molecule has 0 radical (unpaired) electrons. The first-order valence-electron chi connectivity index (χ1n) is 25.5. The number of likely N-dealkylation sites (tertiary alicyclic amines) is 1. The zero-order chi connectivity index (χ0) is 49.7. The van der Waals surface area contributed by atoms with Crippen molar-refractivity contribution in [1.82, 2.24) is 24.6 Å². The molecule has 380 valence electrons. The number of pyridine rings is 2. The molecule has 3 atom stereocenters. The van der Waals surface area contributed by atoms with Gasteiger partial charge >= 0.3 is 0 Å². The van der Waals surface area contributed by atoms with Gasteiger partial charge in [-0.1, -0.05) is 24.3 Å². The Morgan fingerprint density at radius 2 is 1.75 bits per heavy atom. The highest BCUT2D eigenvalue weighted by Crippen LogP contribution is 2.55. The Hall–Kier alpha value is -6.80. The van der Waals surface area contributed by atoms with Crippen LogP contribution in [-0.4, -0.2) is 110 Å². The number of fused-ring (bicyclic) bond motifs is 3. The summed E-state index contributed by atoms with van der Waals surface area (Å²) in [7, 11) is -4.60. The Morgan fingerprint density at radius 1 is 0.918 bits per heavy atom. The lowest BCUT2D eigenvalue weighted by Crippen LogP contribution is -2.55. The average Bonchev–Trinajstić information content (AvgIpc) is 4.20. The molecule has 5 aliphatic heterocycles. The third kappa shape index (κ3) is 9.32. The number of carbonyl (C=O) groups excluding carboxylic acids is 1. The number of anilines is 4. The highest BCUT2D eigenvalue weighted by atomic mass is 32.2. The smallest absolute Gasteiger partial charge is 0.293 e. The summed E-state index contributed by atoms with van der Waals surface area (Å²) in [5.41, 5.74) is 4.92. The van der Waals surface area contributed by atoms with E-state index in [0.29, 0.717) is 74.6 Å². The van der Waals surface area contributed by atoms with Crippen molar-refractivity contribution in [3.8, 4) is 11.6 Å². The lowest BCUT2D eigenvalue weighted by molar-refractivity contribution is -0.384. The van der Waals surface area contributed by atoms with Crippen molar-refractivity contribution >= 4 is 55.4 Å². The van der Waals surface area contributed by atoms with Crippen LogP contribution in [0.2, 0.25) is 0 Å². The van der Waals surface area contributed by atoms with Crippen LogP contribution in [0.15, 0.2) is 108 Å². The van der Waals surface area contributed by atoms with E-state index in [2.05, 4.69) is 48.0 Å². The predicted molar refractivity (Wildman–Crippen MR) is 274 cm³/mol. The number of nitro groups is 1. The lowest BCUT2D eigenvalue weighted by atomic mass is 9.60. The zero-order valence-corrected chi connectivity index (χ0v) is 41.3. The highest BCUT2D eigenvalue weighted by molar-refractivity contribution is 7.90. The molecule has 6 aromatic rings. The summed E-state index contributed by atoms with van der Waals surface area (Å²) in [4.78, 5) is 45.4. The number of nitrogens with one attached hydrogen (secondary N) is 3. The number of amides is 1. The number of rotatable bonds is 14. The average molecular weight is 1010 g/mol. The van der Waals surface area contributed by atoms with Gasteiger partial charge in [0.2, 0.25) is 5.88 Å². The van der Waals surface area contributed by atoms with E-state index in [1.165, 1.54) is 17.7 Å². The van der Waals surface area contributed by atoms with Crippen LogP contribution in [0.1, 0.15) is 79.0 Å². The van der Waals surface area contributed by atoms with Gasteiger partial charge in [-0.05, 0) is 130 Å². The van der Waals surface area contributed by atoms with Crippen LogP contribution in [0.25, 0.3) is 11.0 Å². The first-order chi connectivity index (χ1) is 35.6. The van der Waals surface area contributed by atoms with E-state index in [1.54, 1.807) is 18.5 Å². The van der Waals surface area contributed by atoms with Crippen molar-refractivity contribution < 1.29 is 37.1 Å². The van der Waals surface area contributed by atoms with Crippen molar-refractivity contribution in [2.24, 2.45) is 11.3 Å². The van der Waals surface area contributed by atoms with Gasteiger partial charge in [0, 0.05) is 80.0 Å². The monoisotopic (exact) mass is 1010 g/mol. The van der Waals surface area contributed by atoms with E-state index in [0.717, 1.165) is 99.6 Å². The number of para-hydroxylation sites is 1. The summed E-state index contributed by atoms with van der Waals surface area (Å²) in [6, 6.07) is 27.8. The summed E-state index contributed by atoms with van der Waals surface area (Å²) in [5.74, 6) is 0.671. The molecule has 1 amide bonds. The maximum Gasteiger partial charge on any atom is 0.293 e. The fraction of sp³-hybridized carbons (Fsp3) is 0.426. The van der Waals surface area contributed by atoms with Gasteiger partial charge in [0.15, 0.2) is 0 Å². The maximum atomic E-state index is 14.6. The molecule has 1 saturated carbocycles. The number of piperidine rings is 1. The Bertz CT molecular complexity index is 3130. The van der Waals surface area contributed by atoms with E-state index in [9.17, 15) is 23.3 Å². The topological polar surface area (TPSA) is 207 Å². The summed E-state index contributed by atoms with van der Waals surface area (Å²) in [6.45, 7) is 5.46. The number of ether oxygens (including phenoxy) is 4. The van der Waals surface area contributed by atoms with Gasteiger partial charge < -0.3 is 39.0 Å². The first-order valence-corrected chi connectivity index (χ1v) is 27.0. The number of benzene rings is 3. The standard InChI is InChI=1S/C54H59N9O9S/c64-52(59-73(67,68)40-11-13-43(46(28-40)63(65)66)57-31-35-15-24-69-25-16-35)42-12-10-38(27-45(42)62-47-26-36-14-20-56-51(36)58-53(47)72-50-34-70-33-48(50)62)60-22-17-54(18-23-60)29-39(30-54)61-21-5-8-44(61)41-7-1-2-9-49(41)71-32-37-6-3-4-19-55-37/h1-4,6-7,9-14,19-20,26-28,35,39,44,48,50,57H,5,8,15-18,21-25,29-34H2,(H,56,58)(H,59,64)/t44-,48+,50+/m0/s1. The first kappa shape index (κ1) is 47.2. The molecular formula is C54H59N9O9S. The second-order valence-electron chi connectivity index (χ2n) is 20.5. The molecule has 12 rings (SSSR count). The number of H-pyrrole nitrogens is 1. The van der Waals surface area contributed by atoms with E-state index >= 15 is 0 Å². The molecule has 3 N–H and O–H groups in total. The van der Waals surface area contributed by atoms with Crippen molar-refractivity contribution in [3.05, 3.63) is 130 Å². The Balaban J connectivity index is 0.791. The van der Waals surface area contributed by atoms with Crippen LogP contribution in [-0.2, 0) is 26.1 Å². The van der Waals surface area contributed by atoms with Crippen molar-refractivity contribution in [2.75, 3.05) is 67.7 Å². The number of nitro benzene ring substituents is 1. The minimum atomic E-state index is -4.60.